The van der Waals surface area contributed by atoms with E-state index in [4.69, 9.17) is 4.74 Å². The number of ketones is 1. The van der Waals surface area contributed by atoms with Crippen molar-refractivity contribution in [2.75, 3.05) is 7.11 Å². The fourth-order valence-corrected chi connectivity index (χ4v) is 4.52. The van der Waals surface area contributed by atoms with Crippen LogP contribution in [0.5, 0.6) is 5.75 Å². The second kappa shape index (κ2) is 4.78. The Morgan fingerprint density at radius 2 is 2.00 bits per heavy atom. The Balaban J connectivity index is 1.88. The van der Waals surface area contributed by atoms with E-state index in [1.54, 1.807) is 30.2 Å². The van der Waals surface area contributed by atoms with Gasteiger partial charge in [-0.15, -0.1) is 23.1 Å². The summed E-state index contributed by atoms with van der Waals surface area (Å²) >= 11 is 3.44. The van der Waals surface area contributed by atoms with Crippen molar-refractivity contribution >= 4 is 28.9 Å². The first-order valence-corrected chi connectivity index (χ1v) is 7.45. The molecule has 1 aliphatic heterocycles. The molecule has 3 rings (SSSR count). The molecular formula is C14H12O2S2. The monoisotopic (exact) mass is 276 g/mol. The first-order valence-electron chi connectivity index (χ1n) is 5.69. The van der Waals surface area contributed by atoms with Gasteiger partial charge < -0.3 is 4.74 Å². The smallest absolute Gasteiger partial charge is 0.166 e. The lowest BCUT2D eigenvalue weighted by Gasteiger charge is -2.21. The molecule has 1 aromatic heterocycles. The minimum Gasteiger partial charge on any atom is -0.497 e. The number of methoxy groups -OCH3 is 1. The number of carbonyl (C=O) groups is 1. The van der Waals surface area contributed by atoms with Crippen molar-refractivity contribution in [3.05, 3.63) is 46.8 Å². The molecule has 1 atom stereocenters. The van der Waals surface area contributed by atoms with E-state index >= 15 is 0 Å². The molecule has 0 amide bonds. The Labute approximate surface area is 114 Å². The van der Waals surface area contributed by atoms with Gasteiger partial charge in [0.2, 0.25) is 0 Å². The van der Waals surface area contributed by atoms with Crippen LogP contribution in [-0.2, 0) is 0 Å². The van der Waals surface area contributed by atoms with E-state index < -0.39 is 0 Å². The fraction of sp³-hybridized carbons (Fsp3) is 0.214. The standard InChI is InChI=1S/C14H12O2S2/c1-16-10-4-2-9(3-5-10)13-8-12(15)11-6-7-17-14(11)18-13/h2-7,13H,8H2,1H3. The number of hydrogen-bond donors (Lipinski definition) is 0. The Morgan fingerprint density at radius 3 is 2.72 bits per heavy atom. The number of ether oxygens (including phenoxy) is 1. The van der Waals surface area contributed by atoms with E-state index in [0.29, 0.717) is 6.42 Å². The van der Waals surface area contributed by atoms with Crippen LogP contribution in [0.25, 0.3) is 0 Å². The van der Waals surface area contributed by atoms with Gasteiger partial charge in [0.25, 0.3) is 0 Å². The molecule has 18 heavy (non-hydrogen) atoms. The van der Waals surface area contributed by atoms with Gasteiger partial charge in [-0.1, -0.05) is 12.1 Å². The summed E-state index contributed by atoms with van der Waals surface area (Å²) in [7, 11) is 1.66. The van der Waals surface area contributed by atoms with E-state index in [-0.39, 0.29) is 11.0 Å². The zero-order valence-electron chi connectivity index (χ0n) is 9.88. The normalized spacial score (nSPS) is 18.5. The maximum absolute atomic E-state index is 12.0. The van der Waals surface area contributed by atoms with Crippen LogP contribution in [0.4, 0.5) is 0 Å². The molecule has 0 N–H and O–H groups in total. The van der Waals surface area contributed by atoms with E-state index in [1.807, 2.05) is 35.7 Å². The first-order chi connectivity index (χ1) is 8.78. The topological polar surface area (TPSA) is 26.3 Å². The Hall–Kier alpha value is -1.26. The summed E-state index contributed by atoms with van der Waals surface area (Å²) in [6, 6.07) is 9.92. The maximum atomic E-state index is 12.0. The summed E-state index contributed by atoms with van der Waals surface area (Å²) in [6.45, 7) is 0. The van der Waals surface area contributed by atoms with Crippen LogP contribution >= 0.6 is 23.1 Å². The molecule has 4 heteroatoms. The minimum atomic E-state index is 0.231. The van der Waals surface area contributed by atoms with Crippen LogP contribution in [0.1, 0.15) is 27.6 Å². The van der Waals surface area contributed by atoms with Crippen LogP contribution in [0.15, 0.2) is 39.9 Å². The molecule has 0 aliphatic carbocycles. The van der Waals surface area contributed by atoms with Crippen LogP contribution in [-0.4, -0.2) is 12.9 Å². The third-order valence-corrected chi connectivity index (χ3v) is 5.48. The predicted molar refractivity (Wildman–Crippen MR) is 74.9 cm³/mol. The molecule has 0 saturated carbocycles. The van der Waals surface area contributed by atoms with Gasteiger partial charge in [-0.3, -0.25) is 4.79 Å². The summed E-state index contributed by atoms with van der Waals surface area (Å²) in [5.41, 5.74) is 2.09. The van der Waals surface area contributed by atoms with Crippen molar-refractivity contribution in [1.82, 2.24) is 0 Å². The van der Waals surface area contributed by atoms with Crippen LogP contribution < -0.4 is 4.74 Å². The predicted octanol–water partition coefficient (Wildman–Crippen LogP) is 4.18. The quantitative estimate of drug-likeness (QED) is 0.823. The average Bonchev–Trinajstić information content (AvgIpc) is 2.88. The van der Waals surface area contributed by atoms with Crippen molar-refractivity contribution in [2.45, 2.75) is 15.9 Å². The van der Waals surface area contributed by atoms with Gasteiger partial charge in [-0.25, -0.2) is 0 Å². The summed E-state index contributed by atoms with van der Waals surface area (Å²) in [6.07, 6.45) is 0.584. The lowest BCUT2D eigenvalue weighted by molar-refractivity contribution is 0.0977. The minimum absolute atomic E-state index is 0.231. The zero-order chi connectivity index (χ0) is 12.5. The summed E-state index contributed by atoms with van der Waals surface area (Å²) < 4.78 is 6.30. The highest BCUT2D eigenvalue weighted by atomic mass is 32.2. The van der Waals surface area contributed by atoms with Gasteiger partial charge in [-0.05, 0) is 29.1 Å². The van der Waals surface area contributed by atoms with Crippen LogP contribution in [0.3, 0.4) is 0 Å². The first kappa shape index (κ1) is 11.8. The number of thiophene rings is 1. The second-order valence-electron chi connectivity index (χ2n) is 4.13. The van der Waals surface area contributed by atoms with Gasteiger partial charge in [-0.2, -0.15) is 0 Å². The van der Waals surface area contributed by atoms with Crippen molar-refractivity contribution < 1.29 is 9.53 Å². The van der Waals surface area contributed by atoms with Gasteiger partial charge in [0.1, 0.15) is 5.75 Å². The molecule has 92 valence electrons. The summed E-state index contributed by atoms with van der Waals surface area (Å²) in [5.74, 6) is 1.11. The molecular weight excluding hydrogens is 264 g/mol. The largest absolute Gasteiger partial charge is 0.497 e. The van der Waals surface area contributed by atoms with E-state index in [9.17, 15) is 4.79 Å². The second-order valence-corrected chi connectivity index (χ2v) is 6.52. The number of rotatable bonds is 2. The van der Waals surface area contributed by atoms with Gasteiger partial charge in [0.05, 0.1) is 11.3 Å². The number of benzene rings is 1. The number of Topliss-reactive ketones (excluding diaryl/α,β-unsaturated/α-hetero) is 1. The SMILES string of the molecule is COc1ccc(C2CC(=O)c3ccsc3S2)cc1. The number of thioether (sulfide) groups is 1. The molecule has 0 spiro atoms. The van der Waals surface area contributed by atoms with Crippen LogP contribution in [0, 0.1) is 0 Å². The molecule has 1 aromatic carbocycles. The zero-order valence-corrected chi connectivity index (χ0v) is 11.5. The summed E-state index contributed by atoms with van der Waals surface area (Å²) in [4.78, 5) is 12.0. The molecule has 2 nitrogen and oxygen atoms in total. The van der Waals surface area contributed by atoms with Crippen molar-refractivity contribution in [3.8, 4) is 5.75 Å². The van der Waals surface area contributed by atoms with Crippen LogP contribution in [0.2, 0.25) is 0 Å². The van der Waals surface area contributed by atoms with Crippen molar-refractivity contribution in [2.24, 2.45) is 0 Å². The van der Waals surface area contributed by atoms with Gasteiger partial charge >= 0.3 is 0 Å². The molecule has 1 aliphatic rings. The molecule has 1 unspecified atom stereocenters. The molecule has 0 fully saturated rings. The summed E-state index contributed by atoms with van der Waals surface area (Å²) in [5, 5.41) is 2.22. The van der Waals surface area contributed by atoms with E-state index in [0.717, 1.165) is 15.5 Å². The third kappa shape index (κ3) is 2.06. The highest BCUT2D eigenvalue weighted by Gasteiger charge is 2.27. The lowest BCUT2D eigenvalue weighted by atomic mass is 10.0. The number of carbonyl (C=O) groups excluding carboxylic acids is 1. The highest BCUT2D eigenvalue weighted by molar-refractivity contribution is 8.01. The number of hydrogen-bond acceptors (Lipinski definition) is 4. The highest BCUT2D eigenvalue weighted by Crippen LogP contribution is 2.47. The van der Waals surface area contributed by atoms with E-state index in [1.165, 1.54) is 5.56 Å². The lowest BCUT2D eigenvalue weighted by Crippen LogP contribution is -2.10. The van der Waals surface area contributed by atoms with Gasteiger partial charge in [0.15, 0.2) is 5.78 Å². The fourth-order valence-electron chi connectivity index (χ4n) is 2.05. The molecule has 0 saturated heterocycles. The molecule has 0 radical (unpaired) electrons. The Bertz CT molecular complexity index is 572. The van der Waals surface area contributed by atoms with E-state index in [2.05, 4.69) is 0 Å². The molecule has 2 heterocycles. The van der Waals surface area contributed by atoms with Gasteiger partial charge in [0, 0.05) is 17.2 Å². The number of fused-ring (bicyclic) bond motifs is 1. The average molecular weight is 276 g/mol. The molecule has 2 aromatic rings. The third-order valence-electron chi connectivity index (χ3n) is 3.04. The molecule has 0 bridgehead atoms. The Morgan fingerprint density at radius 1 is 1.22 bits per heavy atom. The Kier molecular flexibility index (Phi) is 3.14. The van der Waals surface area contributed by atoms with Crippen molar-refractivity contribution in [3.63, 3.8) is 0 Å². The maximum Gasteiger partial charge on any atom is 0.166 e. The van der Waals surface area contributed by atoms with Crippen molar-refractivity contribution in [1.29, 1.82) is 0 Å².